The van der Waals surface area contributed by atoms with Gasteiger partial charge in [-0.05, 0) is 13.8 Å². The van der Waals surface area contributed by atoms with Crippen molar-refractivity contribution in [3.8, 4) is 0 Å². The molecule has 0 atom stereocenters. The Bertz CT molecular complexity index is 189. The fourth-order valence-electron chi connectivity index (χ4n) is 0.468. The van der Waals surface area contributed by atoms with Crippen LogP contribution in [0.5, 0.6) is 0 Å². The maximum absolute atomic E-state index is 9.95. The molecule has 1 N–H and O–H groups in total. The molecule has 0 rings (SSSR count). The van der Waals surface area contributed by atoms with Crippen LogP contribution in [-0.2, 0) is 0 Å². The third-order valence-electron chi connectivity index (χ3n) is 1.75. The fraction of sp³-hybridized carbons (Fsp3) is 0.714. The molecule has 0 radical (unpaired) electrons. The Morgan fingerprint density at radius 2 is 2.17 bits per heavy atom. The van der Waals surface area contributed by atoms with E-state index in [1.807, 2.05) is 0 Å². The van der Waals surface area contributed by atoms with Crippen LogP contribution in [0.15, 0.2) is 12.4 Å². The van der Waals surface area contributed by atoms with Gasteiger partial charge in [0.15, 0.2) is 0 Å². The number of rotatable bonds is 4. The quantitative estimate of drug-likeness (QED) is 0.496. The topological polar surface area (TPSA) is 66.6 Å². The zero-order valence-corrected chi connectivity index (χ0v) is 7.52. The lowest BCUT2D eigenvalue weighted by Crippen LogP contribution is -2.40. The summed E-state index contributed by atoms with van der Waals surface area (Å²) in [5.41, 5.74) is -0.466. The minimum absolute atomic E-state index is 0.0500. The number of nitro groups is 1. The van der Waals surface area contributed by atoms with Crippen LogP contribution in [0.4, 0.5) is 0 Å². The maximum atomic E-state index is 9.95. The van der Waals surface area contributed by atoms with Crippen molar-refractivity contribution >= 4 is 0 Å². The van der Waals surface area contributed by atoms with Crippen molar-refractivity contribution in [1.29, 1.82) is 0 Å². The lowest BCUT2D eigenvalue weighted by Gasteiger charge is -2.31. The summed E-state index contributed by atoms with van der Waals surface area (Å²) in [5.74, 6) is 0. The number of aliphatic hydroxyl groups is 1. The van der Waals surface area contributed by atoms with Crippen LogP contribution in [0.3, 0.4) is 0 Å². The van der Waals surface area contributed by atoms with Gasteiger partial charge in [-0.15, -0.1) is 0 Å². The van der Waals surface area contributed by atoms with Crippen molar-refractivity contribution < 1.29 is 10.0 Å². The van der Waals surface area contributed by atoms with E-state index >= 15 is 0 Å². The van der Waals surface area contributed by atoms with Gasteiger partial charge in [-0.2, -0.15) is 0 Å². The predicted molar refractivity (Wildman–Crippen MR) is 45.1 cm³/mol. The van der Waals surface area contributed by atoms with E-state index in [0.29, 0.717) is 0 Å². The van der Waals surface area contributed by atoms with Crippen molar-refractivity contribution in [2.75, 3.05) is 13.7 Å². The summed E-state index contributed by atoms with van der Waals surface area (Å²) in [5, 5.41) is 18.8. The first-order chi connectivity index (χ1) is 5.40. The monoisotopic (exact) mass is 174 g/mol. The smallest absolute Gasteiger partial charge is 0.250 e. The normalized spacial score (nSPS) is 12.0. The summed E-state index contributed by atoms with van der Waals surface area (Å²) in [7, 11) is 1.68. The van der Waals surface area contributed by atoms with Gasteiger partial charge < -0.3 is 10.0 Å². The van der Waals surface area contributed by atoms with Crippen molar-refractivity contribution in [3.05, 3.63) is 22.5 Å². The molecule has 0 aliphatic rings. The van der Waals surface area contributed by atoms with Gasteiger partial charge >= 0.3 is 0 Å². The number of aliphatic hydroxyl groups excluding tert-OH is 1. The van der Waals surface area contributed by atoms with E-state index in [4.69, 9.17) is 5.11 Å². The summed E-state index contributed by atoms with van der Waals surface area (Å²) in [6, 6.07) is 0. The van der Waals surface area contributed by atoms with E-state index in [9.17, 15) is 10.1 Å². The number of nitrogens with zero attached hydrogens (tertiary/aromatic N) is 2. The molecular formula is C7H14N2O3. The van der Waals surface area contributed by atoms with E-state index in [2.05, 4.69) is 0 Å². The molecule has 0 fully saturated rings. The molecule has 70 valence electrons. The molecule has 0 aromatic rings. The van der Waals surface area contributed by atoms with Gasteiger partial charge in [-0.3, -0.25) is 10.1 Å². The Morgan fingerprint density at radius 1 is 1.67 bits per heavy atom. The van der Waals surface area contributed by atoms with Crippen molar-refractivity contribution in [3.63, 3.8) is 0 Å². The molecule has 0 aliphatic heterocycles. The zero-order chi connectivity index (χ0) is 9.78. The molecule has 12 heavy (non-hydrogen) atoms. The Hall–Kier alpha value is -1.10. The van der Waals surface area contributed by atoms with Gasteiger partial charge in [0, 0.05) is 7.05 Å². The average Bonchev–Trinajstić information content (AvgIpc) is 2.00. The van der Waals surface area contributed by atoms with Gasteiger partial charge in [0.1, 0.15) is 0 Å². The molecular weight excluding hydrogens is 160 g/mol. The first kappa shape index (κ1) is 10.9. The molecule has 0 aliphatic carbocycles. The minimum Gasteiger partial charge on any atom is -0.394 e. The van der Waals surface area contributed by atoms with E-state index in [-0.39, 0.29) is 6.61 Å². The van der Waals surface area contributed by atoms with Crippen molar-refractivity contribution in [2.24, 2.45) is 0 Å². The average molecular weight is 174 g/mol. The highest BCUT2D eigenvalue weighted by Crippen LogP contribution is 2.10. The van der Waals surface area contributed by atoms with Crippen molar-refractivity contribution in [2.45, 2.75) is 19.4 Å². The van der Waals surface area contributed by atoms with Gasteiger partial charge in [-0.1, -0.05) is 0 Å². The second kappa shape index (κ2) is 4.06. The van der Waals surface area contributed by atoms with Gasteiger partial charge in [-0.25, -0.2) is 0 Å². The molecule has 5 heteroatoms. The van der Waals surface area contributed by atoms with E-state index in [1.165, 1.54) is 6.20 Å². The largest absolute Gasteiger partial charge is 0.394 e. The first-order valence-corrected chi connectivity index (χ1v) is 3.56. The second-order valence-corrected chi connectivity index (χ2v) is 3.16. The van der Waals surface area contributed by atoms with E-state index in [0.717, 1.165) is 6.20 Å². The molecule has 0 saturated heterocycles. The van der Waals surface area contributed by atoms with Crippen LogP contribution < -0.4 is 0 Å². The van der Waals surface area contributed by atoms with Crippen LogP contribution in [0.25, 0.3) is 0 Å². The standard InChI is InChI=1S/C7H14N2O3/c1-7(2,6-10)8(3)4-5-9(11)12/h4-5,10H,6H2,1-3H3/b5-4+. The highest BCUT2D eigenvalue weighted by molar-refractivity contribution is 4.86. The van der Waals surface area contributed by atoms with Crippen molar-refractivity contribution in [1.82, 2.24) is 4.90 Å². The first-order valence-electron chi connectivity index (χ1n) is 3.56. The summed E-state index contributed by atoms with van der Waals surface area (Å²) in [6.07, 6.45) is 2.17. The third-order valence-corrected chi connectivity index (χ3v) is 1.75. The van der Waals surface area contributed by atoms with Gasteiger partial charge in [0.2, 0.25) is 6.20 Å². The molecule has 0 amide bonds. The zero-order valence-electron chi connectivity index (χ0n) is 7.52. The van der Waals surface area contributed by atoms with Gasteiger partial charge in [0.25, 0.3) is 0 Å². The van der Waals surface area contributed by atoms with E-state index < -0.39 is 10.5 Å². The molecule has 0 aromatic heterocycles. The molecule has 5 nitrogen and oxygen atoms in total. The summed E-state index contributed by atoms with van der Waals surface area (Å²) in [4.78, 5) is 11.0. The molecule has 0 bridgehead atoms. The van der Waals surface area contributed by atoms with Crippen LogP contribution in [0.1, 0.15) is 13.8 Å². The second-order valence-electron chi connectivity index (χ2n) is 3.16. The fourth-order valence-corrected chi connectivity index (χ4v) is 0.468. The molecule has 0 spiro atoms. The number of hydrogen-bond donors (Lipinski definition) is 1. The predicted octanol–water partition coefficient (Wildman–Crippen LogP) is 0.437. The summed E-state index contributed by atoms with van der Waals surface area (Å²) < 4.78 is 0. The number of likely N-dealkylation sites (N-methyl/N-ethyl adjacent to an activating group) is 1. The maximum Gasteiger partial charge on any atom is 0.250 e. The Morgan fingerprint density at radius 3 is 2.50 bits per heavy atom. The highest BCUT2D eigenvalue weighted by Gasteiger charge is 2.19. The Kier molecular flexibility index (Phi) is 3.69. The highest BCUT2D eigenvalue weighted by atomic mass is 16.6. The number of hydrogen-bond acceptors (Lipinski definition) is 4. The Labute approximate surface area is 71.4 Å². The van der Waals surface area contributed by atoms with E-state index in [1.54, 1.807) is 25.8 Å². The Balaban J connectivity index is 4.20. The van der Waals surface area contributed by atoms with Crippen LogP contribution in [0, 0.1) is 10.1 Å². The summed E-state index contributed by atoms with van der Waals surface area (Å²) in [6.45, 7) is 3.53. The minimum atomic E-state index is -0.538. The lowest BCUT2D eigenvalue weighted by molar-refractivity contribution is -0.403. The van der Waals surface area contributed by atoms with Crippen LogP contribution in [-0.4, -0.2) is 34.1 Å². The molecule has 0 unspecified atom stereocenters. The SMILES string of the molecule is CN(/C=C/[N+](=O)[O-])C(C)(C)CO. The molecule has 0 aromatic carbocycles. The summed E-state index contributed by atoms with van der Waals surface area (Å²) >= 11 is 0. The van der Waals surface area contributed by atoms with Crippen LogP contribution >= 0.6 is 0 Å². The third kappa shape index (κ3) is 3.34. The molecule has 0 heterocycles. The van der Waals surface area contributed by atoms with Gasteiger partial charge in [0.05, 0.1) is 23.3 Å². The lowest BCUT2D eigenvalue weighted by atomic mass is 10.1. The van der Waals surface area contributed by atoms with Crippen LogP contribution in [0.2, 0.25) is 0 Å². The molecule has 0 saturated carbocycles.